The van der Waals surface area contributed by atoms with Gasteiger partial charge in [0, 0.05) is 10.9 Å². The molecule has 5 heteroatoms. The minimum absolute atomic E-state index is 0.100. The maximum Gasteiger partial charge on any atom is 0.255 e. The highest BCUT2D eigenvalue weighted by Gasteiger charge is 2.25. The average molecular weight is 376 g/mol. The molecule has 0 radical (unpaired) electrons. The Morgan fingerprint density at radius 1 is 1.11 bits per heavy atom. The molecule has 2 aromatic carbocycles. The minimum atomic E-state index is 0.100. The zero-order valence-corrected chi connectivity index (χ0v) is 16.4. The molecule has 0 saturated carbocycles. The molecule has 2 heterocycles. The molecule has 144 valence electrons. The minimum Gasteiger partial charge on any atom is -0.497 e. The summed E-state index contributed by atoms with van der Waals surface area (Å²) in [4.78, 5) is 21.7. The molecule has 1 fully saturated rings. The number of hydrogen-bond acceptors (Lipinski definition) is 3. The third kappa shape index (κ3) is 3.58. The summed E-state index contributed by atoms with van der Waals surface area (Å²) in [6.07, 6.45) is 0. The molecule has 0 spiro atoms. The van der Waals surface area contributed by atoms with Crippen molar-refractivity contribution in [3.05, 3.63) is 60.2 Å². The summed E-state index contributed by atoms with van der Waals surface area (Å²) in [6.45, 7) is 6.94. The van der Waals surface area contributed by atoms with E-state index < -0.39 is 0 Å². The molecule has 1 aromatic heterocycles. The Kier molecular flexibility index (Phi) is 5.26. The fraction of sp³-hybridized carbons (Fsp3) is 0.304. The van der Waals surface area contributed by atoms with E-state index in [4.69, 9.17) is 9.72 Å². The number of likely N-dealkylation sites (N-methyl/N-ethyl adjacent to an activating group) is 1. The third-order valence-corrected chi connectivity index (χ3v) is 5.59. The molecule has 1 saturated heterocycles. The molecule has 3 aromatic rings. The highest BCUT2D eigenvalue weighted by molar-refractivity contribution is 6.07. The molecule has 0 atom stereocenters. The number of benzene rings is 2. The monoisotopic (exact) mass is 376 g/mol. The number of aromatic nitrogens is 1. The first-order chi connectivity index (χ1) is 13.7. The Bertz CT molecular complexity index is 977. The number of nitrogens with one attached hydrogen (secondary N) is 1. The van der Waals surface area contributed by atoms with Gasteiger partial charge in [-0.1, -0.05) is 18.2 Å². The summed E-state index contributed by atoms with van der Waals surface area (Å²) in [5.41, 5.74) is 3.36. The molecule has 0 unspecified atom stereocenters. The molecule has 1 N–H and O–H groups in total. The number of carbonyl (C=O) groups excluding carboxylic acids is 1. The number of fused-ring (bicyclic) bond motifs is 1. The number of hydrogen-bond donors (Lipinski definition) is 1. The van der Waals surface area contributed by atoms with Crippen molar-refractivity contribution in [1.29, 1.82) is 0 Å². The van der Waals surface area contributed by atoms with Crippen LogP contribution < -0.4 is 9.64 Å². The van der Waals surface area contributed by atoms with Crippen LogP contribution in [0.3, 0.4) is 0 Å². The maximum absolute atomic E-state index is 13.4. The lowest BCUT2D eigenvalue weighted by Gasteiger charge is -2.32. The Labute approximate surface area is 165 Å². The Morgan fingerprint density at radius 2 is 1.82 bits per heavy atom. The number of quaternary nitrogens is 1. The Morgan fingerprint density at radius 3 is 2.50 bits per heavy atom. The van der Waals surface area contributed by atoms with Crippen LogP contribution in [0, 0.1) is 0 Å². The molecular weight excluding hydrogens is 350 g/mol. The third-order valence-electron chi connectivity index (χ3n) is 5.59. The van der Waals surface area contributed by atoms with Crippen molar-refractivity contribution >= 4 is 16.8 Å². The van der Waals surface area contributed by atoms with Crippen LogP contribution in [0.25, 0.3) is 22.2 Å². The number of pyridine rings is 1. The molecule has 0 bridgehead atoms. The summed E-state index contributed by atoms with van der Waals surface area (Å²) >= 11 is 0. The van der Waals surface area contributed by atoms with Gasteiger partial charge in [-0.05, 0) is 43.3 Å². The fourth-order valence-corrected chi connectivity index (χ4v) is 3.81. The van der Waals surface area contributed by atoms with Gasteiger partial charge in [-0.3, -0.25) is 4.79 Å². The van der Waals surface area contributed by atoms with E-state index in [0.717, 1.165) is 66.2 Å². The highest BCUT2D eigenvalue weighted by atomic mass is 16.5. The normalized spacial score (nSPS) is 15.0. The van der Waals surface area contributed by atoms with Crippen LogP contribution >= 0.6 is 0 Å². The lowest BCUT2D eigenvalue weighted by molar-refractivity contribution is -0.902. The van der Waals surface area contributed by atoms with E-state index in [-0.39, 0.29) is 5.91 Å². The van der Waals surface area contributed by atoms with E-state index in [0.29, 0.717) is 0 Å². The SMILES string of the molecule is CC[NH+]1CCN(C(=O)c2cc(-c3ccc(OC)cc3)nc3ccccc23)CC1. The maximum atomic E-state index is 13.4. The average Bonchev–Trinajstić information content (AvgIpc) is 2.78. The molecular formula is C23H26N3O2+. The van der Waals surface area contributed by atoms with Crippen molar-refractivity contribution < 1.29 is 14.4 Å². The predicted octanol–water partition coefficient (Wildman–Crippen LogP) is 2.27. The Hall–Kier alpha value is -2.92. The summed E-state index contributed by atoms with van der Waals surface area (Å²) in [5, 5.41) is 0.912. The van der Waals surface area contributed by atoms with Crippen LogP contribution in [0.15, 0.2) is 54.6 Å². The first-order valence-corrected chi connectivity index (χ1v) is 9.86. The Balaban J connectivity index is 1.73. The van der Waals surface area contributed by atoms with Crippen LogP contribution in [0.4, 0.5) is 0 Å². The molecule has 28 heavy (non-hydrogen) atoms. The topological polar surface area (TPSA) is 46.9 Å². The molecule has 1 amide bonds. The van der Waals surface area contributed by atoms with E-state index in [1.165, 1.54) is 0 Å². The van der Waals surface area contributed by atoms with Crippen LogP contribution in [-0.4, -0.2) is 55.6 Å². The first-order valence-electron chi connectivity index (χ1n) is 9.86. The number of piperazine rings is 1. The summed E-state index contributed by atoms with van der Waals surface area (Å²) in [6, 6.07) is 17.6. The second-order valence-electron chi connectivity index (χ2n) is 7.20. The van der Waals surface area contributed by atoms with Gasteiger partial charge >= 0.3 is 0 Å². The van der Waals surface area contributed by atoms with E-state index in [1.807, 2.05) is 59.5 Å². The van der Waals surface area contributed by atoms with Gasteiger partial charge in [-0.2, -0.15) is 0 Å². The lowest BCUT2D eigenvalue weighted by Crippen LogP contribution is -3.14. The van der Waals surface area contributed by atoms with Crippen molar-refractivity contribution in [2.24, 2.45) is 0 Å². The van der Waals surface area contributed by atoms with Crippen LogP contribution in [0.1, 0.15) is 17.3 Å². The van der Waals surface area contributed by atoms with E-state index in [2.05, 4.69) is 6.92 Å². The molecule has 0 aliphatic carbocycles. The predicted molar refractivity (Wildman–Crippen MR) is 111 cm³/mol. The summed E-state index contributed by atoms with van der Waals surface area (Å²) < 4.78 is 5.25. The van der Waals surface area contributed by atoms with Crippen molar-refractivity contribution in [2.45, 2.75) is 6.92 Å². The quantitative estimate of drug-likeness (QED) is 0.760. The molecule has 1 aliphatic rings. The zero-order valence-electron chi connectivity index (χ0n) is 16.4. The van der Waals surface area contributed by atoms with Crippen LogP contribution in [0.5, 0.6) is 5.75 Å². The number of carbonyl (C=O) groups is 1. The standard InChI is InChI=1S/C23H25N3O2/c1-3-25-12-14-26(15-13-25)23(27)20-16-22(17-8-10-18(28-2)11-9-17)24-21-7-5-4-6-19(20)21/h4-11,16H,3,12-15H2,1-2H3/p+1. The van der Waals surface area contributed by atoms with E-state index in [1.54, 1.807) is 12.0 Å². The lowest BCUT2D eigenvalue weighted by atomic mass is 10.0. The van der Waals surface area contributed by atoms with Gasteiger partial charge < -0.3 is 14.5 Å². The van der Waals surface area contributed by atoms with Gasteiger partial charge in [0.2, 0.25) is 0 Å². The number of nitrogens with zero attached hydrogens (tertiary/aromatic N) is 2. The van der Waals surface area contributed by atoms with Crippen molar-refractivity contribution in [1.82, 2.24) is 9.88 Å². The van der Waals surface area contributed by atoms with E-state index >= 15 is 0 Å². The van der Waals surface area contributed by atoms with Gasteiger partial charge in [-0.25, -0.2) is 4.98 Å². The van der Waals surface area contributed by atoms with Gasteiger partial charge in [0.05, 0.1) is 56.6 Å². The molecule has 4 rings (SSSR count). The number of methoxy groups -OCH3 is 1. The highest BCUT2D eigenvalue weighted by Crippen LogP contribution is 2.27. The number of amides is 1. The van der Waals surface area contributed by atoms with Crippen molar-refractivity contribution in [3.63, 3.8) is 0 Å². The zero-order chi connectivity index (χ0) is 19.5. The van der Waals surface area contributed by atoms with E-state index in [9.17, 15) is 4.79 Å². The number of para-hydroxylation sites is 1. The van der Waals surface area contributed by atoms with Crippen LogP contribution in [-0.2, 0) is 0 Å². The largest absolute Gasteiger partial charge is 0.497 e. The van der Waals surface area contributed by atoms with Crippen molar-refractivity contribution in [2.75, 3.05) is 39.8 Å². The number of ether oxygens (including phenoxy) is 1. The van der Waals surface area contributed by atoms with Gasteiger partial charge in [0.15, 0.2) is 0 Å². The van der Waals surface area contributed by atoms with Gasteiger partial charge in [-0.15, -0.1) is 0 Å². The van der Waals surface area contributed by atoms with Gasteiger partial charge in [0.25, 0.3) is 5.91 Å². The second-order valence-corrected chi connectivity index (χ2v) is 7.20. The van der Waals surface area contributed by atoms with Gasteiger partial charge in [0.1, 0.15) is 5.75 Å². The fourth-order valence-electron chi connectivity index (χ4n) is 3.81. The molecule has 5 nitrogen and oxygen atoms in total. The van der Waals surface area contributed by atoms with Crippen LogP contribution in [0.2, 0.25) is 0 Å². The van der Waals surface area contributed by atoms with Crippen molar-refractivity contribution in [3.8, 4) is 17.0 Å². The summed E-state index contributed by atoms with van der Waals surface area (Å²) in [5.74, 6) is 0.903. The molecule has 1 aliphatic heterocycles. The smallest absolute Gasteiger partial charge is 0.255 e. The first kappa shape index (κ1) is 18.4. The summed E-state index contributed by atoms with van der Waals surface area (Å²) in [7, 11) is 1.65. The number of rotatable bonds is 4. The second kappa shape index (κ2) is 7.98.